The van der Waals surface area contributed by atoms with Gasteiger partial charge in [-0.2, -0.15) is 10.4 Å². The fourth-order valence-corrected chi connectivity index (χ4v) is 1.87. The number of aromatic nitrogens is 2. The lowest BCUT2D eigenvalue weighted by Gasteiger charge is -2.06. The van der Waals surface area contributed by atoms with Gasteiger partial charge in [-0.25, -0.2) is 0 Å². The second-order valence-electron chi connectivity index (χ2n) is 3.87. The molecule has 0 aliphatic carbocycles. The number of amides is 1. The zero-order valence-electron chi connectivity index (χ0n) is 9.99. The number of hydrogen-bond donors (Lipinski definition) is 3. The Hall–Kier alpha value is -2.33. The molecule has 0 saturated carbocycles. The largest absolute Gasteiger partial charge is 0.395 e. The molecule has 1 aromatic carbocycles. The van der Waals surface area contributed by atoms with Crippen LogP contribution in [0.5, 0.6) is 0 Å². The van der Waals surface area contributed by atoms with Gasteiger partial charge in [0.15, 0.2) is 5.69 Å². The Morgan fingerprint density at radius 2 is 2.32 bits per heavy atom. The molecule has 6 nitrogen and oxygen atoms in total. The van der Waals surface area contributed by atoms with Crippen molar-refractivity contribution in [1.29, 1.82) is 5.26 Å². The molecule has 0 aliphatic heterocycles. The summed E-state index contributed by atoms with van der Waals surface area (Å²) in [6.07, 6.45) is 0. The molecule has 1 aromatic heterocycles. The molecular weight excluding hydrogens is 310 g/mol. The lowest BCUT2D eigenvalue weighted by atomic mass is 10.2. The molecule has 1 heterocycles. The van der Waals surface area contributed by atoms with E-state index in [0.717, 1.165) is 4.47 Å². The Morgan fingerprint density at radius 3 is 2.89 bits per heavy atom. The first kappa shape index (κ1) is 13.1. The number of aromatic amines is 1. The fraction of sp³-hybridized carbons (Fsp3) is 0.0833. The van der Waals surface area contributed by atoms with Crippen molar-refractivity contribution in [2.24, 2.45) is 0 Å². The average Bonchev–Trinajstić information content (AvgIpc) is 2.72. The molecule has 96 valence electrons. The van der Waals surface area contributed by atoms with Gasteiger partial charge in [0.25, 0.3) is 5.91 Å². The number of nitrogens with zero attached hydrogens (tertiary/aromatic N) is 2. The number of nitriles is 1. The van der Waals surface area contributed by atoms with E-state index in [4.69, 9.17) is 11.0 Å². The Morgan fingerprint density at radius 1 is 1.58 bits per heavy atom. The molecule has 1 amide bonds. The summed E-state index contributed by atoms with van der Waals surface area (Å²) >= 11 is 3.26. The molecule has 0 atom stereocenters. The monoisotopic (exact) mass is 319 g/mol. The van der Waals surface area contributed by atoms with Crippen molar-refractivity contribution < 1.29 is 4.79 Å². The van der Waals surface area contributed by atoms with Crippen molar-refractivity contribution in [2.45, 2.75) is 6.92 Å². The van der Waals surface area contributed by atoms with E-state index in [1.54, 1.807) is 25.1 Å². The van der Waals surface area contributed by atoms with E-state index in [9.17, 15) is 4.79 Å². The van der Waals surface area contributed by atoms with Gasteiger partial charge in [0.1, 0.15) is 6.07 Å². The molecule has 7 heteroatoms. The zero-order chi connectivity index (χ0) is 14.0. The quantitative estimate of drug-likeness (QED) is 0.788. The predicted octanol–water partition coefficient (Wildman–Crippen LogP) is 2.19. The van der Waals surface area contributed by atoms with Gasteiger partial charge in [-0.1, -0.05) is 15.9 Å². The van der Waals surface area contributed by atoms with Crippen LogP contribution in [-0.4, -0.2) is 16.1 Å². The highest BCUT2D eigenvalue weighted by atomic mass is 79.9. The number of H-pyrrole nitrogens is 1. The number of carbonyl (C=O) groups is 1. The Kier molecular flexibility index (Phi) is 3.53. The van der Waals surface area contributed by atoms with Gasteiger partial charge in [-0.15, -0.1) is 0 Å². The molecule has 0 bridgehead atoms. The number of hydrogen-bond acceptors (Lipinski definition) is 4. The highest BCUT2D eigenvalue weighted by Crippen LogP contribution is 2.21. The first-order valence-corrected chi connectivity index (χ1v) is 6.13. The van der Waals surface area contributed by atoms with E-state index in [1.807, 2.05) is 6.07 Å². The summed E-state index contributed by atoms with van der Waals surface area (Å²) in [7, 11) is 0. The maximum Gasteiger partial charge on any atom is 0.278 e. The van der Waals surface area contributed by atoms with Gasteiger partial charge < -0.3 is 11.1 Å². The first-order valence-electron chi connectivity index (χ1n) is 5.34. The summed E-state index contributed by atoms with van der Waals surface area (Å²) in [5.74, 6) is -0.458. The number of aryl methyl sites for hydroxylation is 1. The van der Waals surface area contributed by atoms with Crippen molar-refractivity contribution in [1.82, 2.24) is 10.2 Å². The van der Waals surface area contributed by atoms with Crippen LogP contribution in [0.2, 0.25) is 0 Å². The number of carbonyl (C=O) groups excluding carboxylic acids is 1. The molecular formula is C12H10BrN5O. The molecule has 0 aliphatic rings. The first-order chi connectivity index (χ1) is 9.02. The van der Waals surface area contributed by atoms with Crippen molar-refractivity contribution in [3.63, 3.8) is 0 Å². The van der Waals surface area contributed by atoms with Crippen LogP contribution in [0.15, 0.2) is 22.7 Å². The Balaban J connectivity index is 2.30. The third kappa shape index (κ3) is 2.58. The molecule has 0 fully saturated rings. The summed E-state index contributed by atoms with van der Waals surface area (Å²) in [5, 5.41) is 18.1. The Labute approximate surface area is 117 Å². The fourth-order valence-electron chi connectivity index (χ4n) is 1.51. The standard InChI is InChI=1S/C12H10BrN5O/c1-6-10(15)11(18-17-6)12(19)16-9-3-2-8(13)4-7(9)5-14/h2-4H,15H2,1H3,(H,16,19)(H,17,18). The van der Waals surface area contributed by atoms with Crippen molar-refractivity contribution >= 4 is 33.2 Å². The molecule has 0 unspecified atom stereocenters. The smallest absolute Gasteiger partial charge is 0.278 e. The van der Waals surface area contributed by atoms with E-state index < -0.39 is 5.91 Å². The minimum atomic E-state index is -0.458. The van der Waals surface area contributed by atoms with Crippen molar-refractivity contribution in [2.75, 3.05) is 11.1 Å². The molecule has 0 radical (unpaired) electrons. The summed E-state index contributed by atoms with van der Waals surface area (Å²) in [6.45, 7) is 1.72. The molecule has 2 rings (SSSR count). The van der Waals surface area contributed by atoms with E-state index >= 15 is 0 Å². The van der Waals surface area contributed by atoms with Gasteiger partial charge >= 0.3 is 0 Å². The number of nitrogens with two attached hydrogens (primary N) is 1. The van der Waals surface area contributed by atoms with E-state index in [-0.39, 0.29) is 5.69 Å². The van der Waals surface area contributed by atoms with Crippen LogP contribution in [-0.2, 0) is 0 Å². The molecule has 19 heavy (non-hydrogen) atoms. The van der Waals surface area contributed by atoms with Crippen LogP contribution in [0.3, 0.4) is 0 Å². The van der Waals surface area contributed by atoms with Crippen molar-refractivity contribution in [3.8, 4) is 6.07 Å². The van der Waals surface area contributed by atoms with Gasteiger partial charge in [-0.3, -0.25) is 9.89 Å². The topological polar surface area (TPSA) is 108 Å². The number of rotatable bonds is 2. The third-order valence-corrected chi connectivity index (χ3v) is 3.05. The zero-order valence-corrected chi connectivity index (χ0v) is 11.6. The summed E-state index contributed by atoms with van der Waals surface area (Å²) < 4.78 is 0.761. The van der Waals surface area contributed by atoms with E-state index in [0.29, 0.717) is 22.6 Å². The van der Waals surface area contributed by atoms with Gasteiger partial charge in [0.2, 0.25) is 0 Å². The van der Waals surface area contributed by atoms with Gasteiger partial charge in [0.05, 0.1) is 22.6 Å². The second kappa shape index (κ2) is 5.12. The number of nitrogen functional groups attached to an aromatic ring is 1. The van der Waals surface area contributed by atoms with Crippen LogP contribution < -0.4 is 11.1 Å². The lowest BCUT2D eigenvalue weighted by Crippen LogP contribution is -2.15. The second-order valence-corrected chi connectivity index (χ2v) is 4.78. The third-order valence-electron chi connectivity index (χ3n) is 2.56. The van der Waals surface area contributed by atoms with E-state index in [1.165, 1.54) is 0 Å². The number of benzene rings is 1. The highest BCUT2D eigenvalue weighted by Gasteiger charge is 2.16. The summed E-state index contributed by atoms with van der Waals surface area (Å²) in [4.78, 5) is 12.0. The van der Waals surface area contributed by atoms with E-state index in [2.05, 4.69) is 31.4 Å². The maximum atomic E-state index is 12.0. The molecule has 4 N–H and O–H groups in total. The lowest BCUT2D eigenvalue weighted by molar-refractivity contribution is 0.102. The number of nitrogens with one attached hydrogen (secondary N) is 2. The van der Waals surface area contributed by atoms with Gasteiger partial charge in [-0.05, 0) is 25.1 Å². The maximum absolute atomic E-state index is 12.0. The van der Waals surface area contributed by atoms with Crippen molar-refractivity contribution in [3.05, 3.63) is 39.6 Å². The summed E-state index contributed by atoms with van der Waals surface area (Å²) in [5.41, 5.74) is 7.53. The normalized spacial score (nSPS) is 9.95. The minimum Gasteiger partial charge on any atom is -0.395 e. The minimum absolute atomic E-state index is 0.115. The summed E-state index contributed by atoms with van der Waals surface area (Å²) in [6, 6.07) is 7.00. The molecule has 0 saturated heterocycles. The Bertz CT molecular complexity index is 686. The van der Waals surface area contributed by atoms with Gasteiger partial charge in [0, 0.05) is 4.47 Å². The van der Waals surface area contributed by atoms with Crippen LogP contribution in [0.25, 0.3) is 0 Å². The van der Waals surface area contributed by atoms with Crippen LogP contribution >= 0.6 is 15.9 Å². The van der Waals surface area contributed by atoms with Crippen LogP contribution in [0.4, 0.5) is 11.4 Å². The van der Waals surface area contributed by atoms with Crippen LogP contribution in [0, 0.1) is 18.3 Å². The SMILES string of the molecule is Cc1[nH]nc(C(=O)Nc2ccc(Br)cc2C#N)c1N. The molecule has 2 aromatic rings. The highest BCUT2D eigenvalue weighted by molar-refractivity contribution is 9.10. The van der Waals surface area contributed by atoms with Crippen LogP contribution in [0.1, 0.15) is 21.7 Å². The number of halogens is 1. The number of anilines is 2. The average molecular weight is 320 g/mol. The molecule has 0 spiro atoms. The predicted molar refractivity (Wildman–Crippen MR) is 74.5 cm³/mol.